The van der Waals surface area contributed by atoms with Crippen LogP contribution < -0.4 is 4.74 Å². The molecular weight excluding hydrogens is 274 g/mol. The number of para-hydroxylation sites is 1. The average molecular weight is 285 g/mol. The van der Waals surface area contributed by atoms with E-state index in [1.54, 1.807) is 29.5 Å². The average Bonchev–Trinajstić information content (AvgIpc) is 2.97. The van der Waals surface area contributed by atoms with Crippen LogP contribution in [0.2, 0.25) is 0 Å². The predicted octanol–water partition coefficient (Wildman–Crippen LogP) is 3.57. The molecule has 0 unspecified atom stereocenters. The molecule has 4 nitrogen and oxygen atoms in total. The van der Waals surface area contributed by atoms with Gasteiger partial charge in [0.05, 0.1) is 11.1 Å². The van der Waals surface area contributed by atoms with Gasteiger partial charge in [0.15, 0.2) is 0 Å². The van der Waals surface area contributed by atoms with Gasteiger partial charge in [-0.3, -0.25) is 0 Å². The van der Waals surface area contributed by atoms with Crippen molar-refractivity contribution in [1.82, 2.24) is 4.98 Å². The molecule has 1 aromatic carbocycles. The van der Waals surface area contributed by atoms with Crippen molar-refractivity contribution in [3.8, 4) is 5.88 Å². The molecule has 0 aliphatic carbocycles. The smallest absolute Gasteiger partial charge is 0.336 e. The first-order valence-corrected chi connectivity index (χ1v) is 6.90. The maximum absolute atomic E-state index is 11.3. The van der Waals surface area contributed by atoms with Crippen LogP contribution in [0.3, 0.4) is 0 Å². The molecule has 3 rings (SSSR count). The lowest BCUT2D eigenvalue weighted by atomic mass is 10.1. The summed E-state index contributed by atoms with van der Waals surface area (Å²) in [6, 6.07) is 12.5. The van der Waals surface area contributed by atoms with E-state index in [2.05, 4.69) is 4.98 Å². The number of hydrogen-bond acceptors (Lipinski definition) is 4. The second-order valence-corrected chi connectivity index (χ2v) is 5.23. The van der Waals surface area contributed by atoms with Gasteiger partial charge in [0.1, 0.15) is 6.61 Å². The third-order valence-electron chi connectivity index (χ3n) is 2.87. The summed E-state index contributed by atoms with van der Waals surface area (Å²) in [5.74, 6) is -0.654. The summed E-state index contributed by atoms with van der Waals surface area (Å²) < 4.78 is 5.59. The summed E-state index contributed by atoms with van der Waals surface area (Å²) in [5, 5.41) is 11.9. The Morgan fingerprint density at radius 3 is 2.85 bits per heavy atom. The number of pyridine rings is 1. The van der Waals surface area contributed by atoms with Crippen LogP contribution in [0.1, 0.15) is 15.2 Å². The van der Waals surface area contributed by atoms with Gasteiger partial charge in [0.25, 0.3) is 0 Å². The van der Waals surface area contributed by atoms with E-state index >= 15 is 0 Å². The van der Waals surface area contributed by atoms with Gasteiger partial charge in [-0.25, -0.2) is 9.78 Å². The van der Waals surface area contributed by atoms with Crippen molar-refractivity contribution in [3.63, 3.8) is 0 Å². The van der Waals surface area contributed by atoms with Crippen molar-refractivity contribution >= 4 is 28.2 Å². The van der Waals surface area contributed by atoms with E-state index < -0.39 is 5.97 Å². The van der Waals surface area contributed by atoms with E-state index in [0.29, 0.717) is 23.4 Å². The highest BCUT2D eigenvalue weighted by atomic mass is 32.1. The molecule has 1 N–H and O–H groups in total. The molecule has 2 heterocycles. The van der Waals surface area contributed by atoms with Crippen LogP contribution in [0.25, 0.3) is 10.9 Å². The Kier molecular flexibility index (Phi) is 3.35. The lowest BCUT2D eigenvalue weighted by molar-refractivity contribution is 0.0698. The van der Waals surface area contributed by atoms with E-state index in [1.807, 2.05) is 23.6 Å². The number of fused-ring (bicyclic) bond motifs is 1. The van der Waals surface area contributed by atoms with Crippen molar-refractivity contribution in [2.75, 3.05) is 0 Å². The van der Waals surface area contributed by atoms with Crippen molar-refractivity contribution in [2.45, 2.75) is 6.61 Å². The van der Waals surface area contributed by atoms with Crippen LogP contribution in [0.15, 0.2) is 47.8 Å². The highest BCUT2D eigenvalue weighted by molar-refractivity contribution is 7.09. The summed E-state index contributed by atoms with van der Waals surface area (Å²) in [5.41, 5.74) is 0.824. The number of hydrogen-bond donors (Lipinski definition) is 1. The fourth-order valence-electron chi connectivity index (χ4n) is 1.94. The van der Waals surface area contributed by atoms with Gasteiger partial charge in [-0.05, 0) is 17.5 Å². The largest absolute Gasteiger partial charge is 0.478 e. The molecule has 100 valence electrons. The molecular formula is C15H11NO3S. The Bertz CT molecular complexity index is 753. The first-order valence-electron chi connectivity index (χ1n) is 6.02. The fraction of sp³-hybridized carbons (Fsp3) is 0.0667. The summed E-state index contributed by atoms with van der Waals surface area (Å²) >= 11 is 1.59. The van der Waals surface area contributed by atoms with E-state index in [0.717, 1.165) is 4.88 Å². The number of carbonyl (C=O) groups is 1. The standard InChI is InChI=1S/C15H11NO3S/c17-15(18)12-8-14(19-9-10-4-3-7-20-10)16-13-6-2-1-5-11(12)13/h1-8H,9H2,(H,17,18). The maximum atomic E-state index is 11.3. The Hall–Kier alpha value is -2.40. The van der Waals surface area contributed by atoms with Crippen molar-refractivity contribution in [1.29, 1.82) is 0 Å². The second-order valence-electron chi connectivity index (χ2n) is 4.20. The van der Waals surface area contributed by atoms with Crippen LogP contribution in [0, 0.1) is 0 Å². The summed E-state index contributed by atoms with van der Waals surface area (Å²) in [6.07, 6.45) is 0. The predicted molar refractivity (Wildman–Crippen MR) is 77.4 cm³/mol. The maximum Gasteiger partial charge on any atom is 0.336 e. The number of thiophene rings is 1. The third kappa shape index (κ3) is 2.48. The number of benzene rings is 1. The number of carboxylic acid groups (broad SMARTS) is 1. The molecule has 20 heavy (non-hydrogen) atoms. The zero-order chi connectivity index (χ0) is 13.9. The lowest BCUT2D eigenvalue weighted by Gasteiger charge is -2.07. The van der Waals surface area contributed by atoms with E-state index in [-0.39, 0.29) is 5.56 Å². The molecule has 0 atom stereocenters. The van der Waals surface area contributed by atoms with Gasteiger partial charge in [0, 0.05) is 16.3 Å². The van der Waals surface area contributed by atoms with Crippen LogP contribution >= 0.6 is 11.3 Å². The third-order valence-corrected chi connectivity index (χ3v) is 3.72. The zero-order valence-electron chi connectivity index (χ0n) is 10.4. The Labute approximate surface area is 119 Å². The summed E-state index contributed by atoms with van der Waals surface area (Å²) in [7, 11) is 0. The number of ether oxygens (including phenoxy) is 1. The van der Waals surface area contributed by atoms with Gasteiger partial charge >= 0.3 is 5.97 Å². The SMILES string of the molecule is O=C(O)c1cc(OCc2cccs2)nc2ccccc12. The Morgan fingerprint density at radius 1 is 1.25 bits per heavy atom. The van der Waals surface area contributed by atoms with Gasteiger partial charge in [-0.2, -0.15) is 0 Å². The molecule has 0 bridgehead atoms. The second kappa shape index (κ2) is 5.30. The molecule has 0 aliphatic heterocycles. The monoisotopic (exact) mass is 285 g/mol. The van der Waals surface area contributed by atoms with Crippen molar-refractivity contribution in [2.24, 2.45) is 0 Å². The molecule has 5 heteroatoms. The minimum atomic E-state index is -0.982. The first-order chi connectivity index (χ1) is 9.74. The molecule has 0 saturated heterocycles. The minimum Gasteiger partial charge on any atom is -0.478 e. The number of aromatic carboxylic acids is 1. The topological polar surface area (TPSA) is 59.4 Å². The van der Waals surface area contributed by atoms with Crippen molar-refractivity contribution < 1.29 is 14.6 Å². The zero-order valence-corrected chi connectivity index (χ0v) is 11.3. The number of carboxylic acids is 1. The molecule has 0 radical (unpaired) electrons. The van der Waals surface area contributed by atoms with Gasteiger partial charge in [0.2, 0.25) is 5.88 Å². The number of nitrogens with zero attached hydrogens (tertiary/aromatic N) is 1. The Balaban J connectivity index is 1.97. The van der Waals surface area contributed by atoms with Crippen LogP contribution in [0.5, 0.6) is 5.88 Å². The summed E-state index contributed by atoms with van der Waals surface area (Å²) in [4.78, 5) is 16.7. The minimum absolute atomic E-state index is 0.205. The van der Waals surface area contributed by atoms with E-state index in [9.17, 15) is 9.90 Å². The van der Waals surface area contributed by atoms with Crippen LogP contribution in [-0.4, -0.2) is 16.1 Å². The summed E-state index contributed by atoms with van der Waals surface area (Å²) in [6.45, 7) is 0.391. The quantitative estimate of drug-likeness (QED) is 0.796. The molecule has 0 spiro atoms. The van der Waals surface area contributed by atoms with E-state index in [1.165, 1.54) is 6.07 Å². The molecule has 0 fully saturated rings. The van der Waals surface area contributed by atoms with Crippen LogP contribution in [0.4, 0.5) is 0 Å². The lowest BCUT2D eigenvalue weighted by Crippen LogP contribution is -2.02. The Morgan fingerprint density at radius 2 is 2.10 bits per heavy atom. The van der Waals surface area contributed by atoms with Gasteiger partial charge < -0.3 is 9.84 Å². The van der Waals surface area contributed by atoms with Gasteiger partial charge in [-0.15, -0.1) is 11.3 Å². The van der Waals surface area contributed by atoms with Crippen molar-refractivity contribution in [3.05, 3.63) is 58.3 Å². The molecule has 2 aromatic heterocycles. The number of rotatable bonds is 4. The van der Waals surface area contributed by atoms with E-state index in [4.69, 9.17) is 4.74 Å². The van der Waals surface area contributed by atoms with Crippen LogP contribution in [-0.2, 0) is 6.61 Å². The first kappa shape index (κ1) is 12.6. The fourth-order valence-corrected chi connectivity index (χ4v) is 2.56. The molecule has 0 amide bonds. The number of aromatic nitrogens is 1. The molecule has 0 saturated carbocycles. The highest BCUT2D eigenvalue weighted by Crippen LogP contribution is 2.23. The molecule has 3 aromatic rings. The van der Waals surface area contributed by atoms with Gasteiger partial charge in [-0.1, -0.05) is 24.3 Å². The normalized spacial score (nSPS) is 10.6. The molecule has 0 aliphatic rings. The highest BCUT2D eigenvalue weighted by Gasteiger charge is 2.12.